The normalized spacial score (nSPS) is 15.9. The van der Waals surface area contributed by atoms with Crippen LogP contribution in [-0.2, 0) is 9.59 Å². The second-order valence-electron chi connectivity index (χ2n) is 7.71. The van der Waals surface area contributed by atoms with Crippen LogP contribution in [0.25, 0.3) is 0 Å². The minimum atomic E-state index is -0.472. The first-order chi connectivity index (χ1) is 14.4. The molecule has 1 N–H and O–H groups in total. The molecule has 30 heavy (non-hydrogen) atoms. The molecule has 2 aliphatic rings. The summed E-state index contributed by atoms with van der Waals surface area (Å²) in [7, 11) is 0. The van der Waals surface area contributed by atoms with Crippen LogP contribution in [0, 0.1) is 5.92 Å². The number of hydrogen-bond donors (Lipinski definition) is 1. The first-order valence-corrected chi connectivity index (χ1v) is 10.4. The summed E-state index contributed by atoms with van der Waals surface area (Å²) in [6, 6.07) is 9.55. The number of carbonyl (C=O) groups excluding carboxylic acids is 4. The Kier molecular flexibility index (Phi) is 5.43. The van der Waals surface area contributed by atoms with Crippen LogP contribution >= 0.6 is 11.8 Å². The summed E-state index contributed by atoms with van der Waals surface area (Å²) < 4.78 is 0.856. The van der Waals surface area contributed by atoms with Crippen molar-refractivity contribution >= 4 is 46.5 Å². The van der Waals surface area contributed by atoms with Crippen LogP contribution < -0.4 is 9.74 Å². The van der Waals surface area contributed by atoms with Crippen LogP contribution in [-0.4, -0.2) is 23.4 Å². The van der Waals surface area contributed by atoms with Crippen molar-refractivity contribution in [2.75, 3.05) is 9.74 Å². The zero-order valence-electron chi connectivity index (χ0n) is 16.5. The highest BCUT2D eigenvalue weighted by Gasteiger charge is 2.35. The topological polar surface area (TPSA) is 83.6 Å². The predicted octanol–water partition coefficient (Wildman–Crippen LogP) is 4.49. The number of rotatable bonds is 3. The molecule has 0 saturated heterocycles. The van der Waals surface area contributed by atoms with Gasteiger partial charge in [0.25, 0.3) is 0 Å². The van der Waals surface area contributed by atoms with Crippen LogP contribution in [0.1, 0.15) is 70.9 Å². The molecule has 154 valence electrons. The van der Waals surface area contributed by atoms with E-state index in [9.17, 15) is 19.2 Å². The van der Waals surface area contributed by atoms with Gasteiger partial charge < -0.3 is 5.32 Å². The summed E-state index contributed by atoms with van der Waals surface area (Å²) in [4.78, 5) is 51.3. The van der Waals surface area contributed by atoms with Crippen LogP contribution in [0.15, 0.2) is 36.4 Å². The Morgan fingerprint density at radius 1 is 0.933 bits per heavy atom. The lowest BCUT2D eigenvalue weighted by Gasteiger charge is -2.26. The number of fused-ring (bicyclic) bond motifs is 2. The summed E-state index contributed by atoms with van der Waals surface area (Å²) >= 11 is 6.18. The maximum absolute atomic E-state index is 13.3. The van der Waals surface area contributed by atoms with Crippen LogP contribution in [0.4, 0.5) is 11.4 Å². The van der Waals surface area contributed by atoms with E-state index in [-0.39, 0.29) is 51.5 Å². The molecular weight excluding hydrogens is 404 g/mol. The molecule has 2 amide bonds. The molecule has 2 aliphatic carbocycles. The number of nitrogens with one attached hydrogen (secondary N) is 1. The maximum Gasteiger partial charge on any atom is 0.238 e. The van der Waals surface area contributed by atoms with Crippen molar-refractivity contribution in [1.29, 1.82) is 0 Å². The summed E-state index contributed by atoms with van der Waals surface area (Å²) in [5, 5.41) is 2.84. The quantitative estimate of drug-likeness (QED) is 0.628. The van der Waals surface area contributed by atoms with E-state index in [0.717, 1.165) is 36.5 Å². The zero-order chi connectivity index (χ0) is 21.4. The van der Waals surface area contributed by atoms with Crippen molar-refractivity contribution in [3.05, 3.63) is 58.7 Å². The molecule has 2 aromatic carbocycles. The molecule has 0 aliphatic heterocycles. The number of nitrogens with zero attached hydrogens (tertiary/aromatic N) is 1. The van der Waals surface area contributed by atoms with Gasteiger partial charge in [0.1, 0.15) is 0 Å². The lowest BCUT2D eigenvalue weighted by molar-refractivity contribution is -0.120. The molecule has 6 nitrogen and oxygen atoms in total. The lowest BCUT2D eigenvalue weighted by Crippen LogP contribution is -2.30. The zero-order valence-corrected chi connectivity index (χ0v) is 17.3. The van der Waals surface area contributed by atoms with Crippen molar-refractivity contribution < 1.29 is 19.2 Å². The summed E-state index contributed by atoms with van der Waals surface area (Å²) in [6.07, 6.45) is 4.57. The number of hydrogen-bond acceptors (Lipinski definition) is 4. The van der Waals surface area contributed by atoms with E-state index >= 15 is 0 Å². The van der Waals surface area contributed by atoms with Crippen molar-refractivity contribution in [2.24, 2.45) is 5.92 Å². The number of anilines is 2. The number of ketones is 2. The fourth-order valence-corrected chi connectivity index (χ4v) is 4.37. The minimum Gasteiger partial charge on any atom is -0.323 e. The van der Waals surface area contributed by atoms with Crippen LogP contribution in [0.5, 0.6) is 0 Å². The molecule has 2 aromatic rings. The van der Waals surface area contributed by atoms with Gasteiger partial charge in [0.2, 0.25) is 11.8 Å². The standard InChI is InChI=1S/C23H21ClN2O4/c1-13(27)26(24)18-12-11-17-19(20(18)25-23(30)14-7-3-2-4-8-14)22(29)16-10-6-5-9-15(16)21(17)28/h5-6,9-12,14H,2-4,7-8H2,1H3,(H,25,30). The molecule has 4 rings (SSSR count). The molecule has 0 unspecified atom stereocenters. The Morgan fingerprint density at radius 3 is 2.20 bits per heavy atom. The monoisotopic (exact) mass is 424 g/mol. The number of amides is 2. The molecule has 0 bridgehead atoms. The van der Waals surface area contributed by atoms with Gasteiger partial charge in [-0.2, -0.15) is 0 Å². The molecule has 1 saturated carbocycles. The molecule has 0 radical (unpaired) electrons. The van der Waals surface area contributed by atoms with E-state index in [0.29, 0.717) is 5.56 Å². The van der Waals surface area contributed by atoms with Gasteiger partial charge >= 0.3 is 0 Å². The van der Waals surface area contributed by atoms with Crippen molar-refractivity contribution in [2.45, 2.75) is 39.0 Å². The first-order valence-electron chi connectivity index (χ1n) is 10.0. The van der Waals surface area contributed by atoms with E-state index in [1.165, 1.54) is 19.1 Å². The fourth-order valence-electron chi connectivity index (χ4n) is 4.23. The Hall–Kier alpha value is -2.99. The summed E-state index contributed by atoms with van der Waals surface area (Å²) in [5.41, 5.74) is 1.14. The number of carbonyl (C=O) groups is 4. The van der Waals surface area contributed by atoms with Gasteiger partial charge in [-0.15, -0.1) is 0 Å². The van der Waals surface area contributed by atoms with Crippen LogP contribution in [0.3, 0.4) is 0 Å². The van der Waals surface area contributed by atoms with Crippen molar-refractivity contribution in [3.63, 3.8) is 0 Å². The van der Waals surface area contributed by atoms with E-state index in [2.05, 4.69) is 5.32 Å². The highest BCUT2D eigenvalue weighted by molar-refractivity contribution is 6.39. The van der Waals surface area contributed by atoms with E-state index < -0.39 is 5.91 Å². The Morgan fingerprint density at radius 2 is 1.57 bits per heavy atom. The van der Waals surface area contributed by atoms with Gasteiger partial charge in [0.05, 0.1) is 16.9 Å². The largest absolute Gasteiger partial charge is 0.323 e. The molecule has 1 fully saturated rings. The van der Waals surface area contributed by atoms with Gasteiger partial charge in [-0.25, -0.2) is 4.42 Å². The molecular formula is C23H21ClN2O4. The maximum atomic E-state index is 13.3. The Labute approximate surface area is 179 Å². The predicted molar refractivity (Wildman–Crippen MR) is 114 cm³/mol. The average Bonchev–Trinajstić information content (AvgIpc) is 2.77. The van der Waals surface area contributed by atoms with E-state index in [1.54, 1.807) is 24.3 Å². The highest BCUT2D eigenvalue weighted by Crippen LogP contribution is 2.39. The molecule has 0 atom stereocenters. The second-order valence-corrected chi connectivity index (χ2v) is 8.05. The van der Waals surface area contributed by atoms with E-state index in [1.807, 2.05) is 0 Å². The smallest absolute Gasteiger partial charge is 0.238 e. The molecule has 7 heteroatoms. The van der Waals surface area contributed by atoms with Crippen LogP contribution in [0.2, 0.25) is 0 Å². The number of benzene rings is 2. The molecule has 0 heterocycles. The Bertz CT molecular complexity index is 1070. The number of halogens is 1. The van der Waals surface area contributed by atoms with E-state index in [4.69, 9.17) is 11.8 Å². The first kappa shape index (κ1) is 20.3. The van der Waals surface area contributed by atoms with Gasteiger partial charge in [0.15, 0.2) is 11.6 Å². The van der Waals surface area contributed by atoms with Gasteiger partial charge in [-0.3, -0.25) is 19.2 Å². The SMILES string of the molecule is CC(=O)N(Cl)c1ccc2c(c1NC(=O)C1CCCCC1)C(=O)c1ccccc1C2=O. The third-order valence-electron chi connectivity index (χ3n) is 5.78. The summed E-state index contributed by atoms with van der Waals surface area (Å²) in [6.45, 7) is 1.28. The van der Waals surface area contributed by atoms with Gasteiger partial charge in [-0.1, -0.05) is 43.5 Å². The van der Waals surface area contributed by atoms with Gasteiger partial charge in [0, 0.05) is 41.3 Å². The average molecular weight is 425 g/mol. The van der Waals surface area contributed by atoms with Crippen molar-refractivity contribution in [1.82, 2.24) is 0 Å². The van der Waals surface area contributed by atoms with Gasteiger partial charge in [-0.05, 0) is 25.0 Å². The lowest BCUT2D eigenvalue weighted by atomic mass is 9.82. The third-order valence-corrected chi connectivity index (χ3v) is 6.20. The second kappa shape index (κ2) is 8.03. The minimum absolute atomic E-state index is 0.0762. The summed E-state index contributed by atoms with van der Waals surface area (Å²) in [5.74, 6) is -1.56. The Balaban J connectivity index is 1.85. The highest BCUT2D eigenvalue weighted by atomic mass is 35.5. The molecule has 0 aromatic heterocycles. The van der Waals surface area contributed by atoms with Crippen molar-refractivity contribution in [3.8, 4) is 0 Å². The third kappa shape index (κ3) is 3.41. The fraction of sp³-hybridized carbons (Fsp3) is 0.304. The molecule has 0 spiro atoms.